The van der Waals surface area contributed by atoms with Crippen LogP contribution in [0.4, 0.5) is 11.4 Å². The summed E-state index contributed by atoms with van der Waals surface area (Å²) in [5, 5.41) is 2.78. The molecule has 0 atom stereocenters. The Morgan fingerprint density at radius 3 is 2.42 bits per heavy atom. The van der Waals surface area contributed by atoms with Crippen molar-refractivity contribution in [1.29, 1.82) is 0 Å². The number of benzene rings is 3. The zero-order valence-electron chi connectivity index (χ0n) is 17.3. The lowest BCUT2D eigenvalue weighted by molar-refractivity contribution is 0.0926. The molecule has 31 heavy (non-hydrogen) atoms. The van der Waals surface area contributed by atoms with Gasteiger partial charge in [-0.25, -0.2) is 4.90 Å². The number of amides is 3. The number of hydrogen-bond donors (Lipinski definition) is 1. The summed E-state index contributed by atoms with van der Waals surface area (Å²) in [4.78, 5) is 39.9. The van der Waals surface area contributed by atoms with Gasteiger partial charge >= 0.3 is 0 Å². The second kappa shape index (κ2) is 8.44. The van der Waals surface area contributed by atoms with Crippen molar-refractivity contribution in [2.24, 2.45) is 5.92 Å². The van der Waals surface area contributed by atoms with E-state index in [1.807, 2.05) is 19.9 Å². The summed E-state index contributed by atoms with van der Waals surface area (Å²) in [5.41, 5.74) is 1.64. The van der Waals surface area contributed by atoms with Crippen LogP contribution >= 0.6 is 0 Å². The average Bonchev–Trinajstić information content (AvgIpc) is 3.04. The third-order valence-electron chi connectivity index (χ3n) is 4.86. The minimum absolute atomic E-state index is 0.192. The average molecular weight is 414 g/mol. The number of para-hydroxylation sites is 1. The van der Waals surface area contributed by atoms with Crippen molar-refractivity contribution in [2.45, 2.75) is 13.8 Å². The van der Waals surface area contributed by atoms with E-state index in [1.54, 1.807) is 66.7 Å². The van der Waals surface area contributed by atoms with Crippen LogP contribution in [-0.2, 0) is 0 Å². The molecule has 0 saturated heterocycles. The van der Waals surface area contributed by atoms with E-state index in [0.717, 1.165) is 4.90 Å². The summed E-state index contributed by atoms with van der Waals surface area (Å²) in [6, 6.07) is 20.4. The molecule has 0 radical (unpaired) electrons. The molecule has 0 aromatic heterocycles. The number of fused-ring (bicyclic) bond motifs is 1. The number of ether oxygens (including phenoxy) is 1. The number of hydrogen-bond acceptors (Lipinski definition) is 4. The van der Waals surface area contributed by atoms with Crippen molar-refractivity contribution >= 4 is 29.1 Å². The Morgan fingerprint density at radius 1 is 0.935 bits per heavy atom. The van der Waals surface area contributed by atoms with E-state index in [9.17, 15) is 14.4 Å². The summed E-state index contributed by atoms with van der Waals surface area (Å²) in [6.45, 7) is 4.64. The molecule has 3 amide bonds. The quantitative estimate of drug-likeness (QED) is 0.590. The molecule has 0 unspecified atom stereocenters. The smallest absolute Gasteiger partial charge is 0.268 e. The van der Waals surface area contributed by atoms with Crippen molar-refractivity contribution < 1.29 is 19.1 Å². The maximum Gasteiger partial charge on any atom is 0.268 e. The van der Waals surface area contributed by atoms with Crippen LogP contribution in [0, 0.1) is 5.92 Å². The molecule has 1 N–H and O–H groups in total. The van der Waals surface area contributed by atoms with E-state index in [1.165, 1.54) is 0 Å². The minimum Gasteiger partial charge on any atom is -0.493 e. The first-order chi connectivity index (χ1) is 15.0. The van der Waals surface area contributed by atoms with Gasteiger partial charge in [0.15, 0.2) is 0 Å². The summed E-state index contributed by atoms with van der Waals surface area (Å²) < 4.78 is 5.69. The molecule has 4 rings (SSSR count). The largest absolute Gasteiger partial charge is 0.493 e. The Morgan fingerprint density at radius 2 is 1.68 bits per heavy atom. The molecule has 6 heteroatoms. The highest BCUT2D eigenvalue weighted by atomic mass is 16.5. The van der Waals surface area contributed by atoms with Gasteiger partial charge < -0.3 is 10.1 Å². The number of carbonyl (C=O) groups is 3. The van der Waals surface area contributed by atoms with E-state index in [4.69, 9.17) is 4.74 Å². The fourth-order valence-electron chi connectivity index (χ4n) is 3.39. The third-order valence-corrected chi connectivity index (χ3v) is 4.86. The second-order valence-electron chi connectivity index (χ2n) is 7.70. The van der Waals surface area contributed by atoms with Gasteiger partial charge in [-0.15, -0.1) is 0 Å². The van der Waals surface area contributed by atoms with Crippen LogP contribution < -0.4 is 15.0 Å². The zero-order chi connectivity index (χ0) is 22.0. The van der Waals surface area contributed by atoms with E-state index in [0.29, 0.717) is 35.2 Å². The van der Waals surface area contributed by atoms with E-state index >= 15 is 0 Å². The zero-order valence-corrected chi connectivity index (χ0v) is 17.3. The number of imide groups is 1. The number of nitrogens with zero attached hydrogens (tertiary/aromatic N) is 1. The molecule has 3 aromatic carbocycles. The molecule has 0 aliphatic carbocycles. The maximum atomic E-state index is 13.1. The SMILES string of the molecule is CC(C)COc1cccc(C(=O)Nc2cccc3c2C(=O)N(c2ccccc2)C3=O)c1. The first-order valence-electron chi connectivity index (χ1n) is 10.1. The van der Waals surface area contributed by atoms with E-state index < -0.39 is 11.8 Å². The molecule has 156 valence electrons. The van der Waals surface area contributed by atoms with Gasteiger partial charge in [-0.05, 0) is 48.4 Å². The summed E-state index contributed by atoms with van der Waals surface area (Å²) >= 11 is 0. The van der Waals surface area contributed by atoms with Gasteiger partial charge in [0.1, 0.15) is 5.75 Å². The Hall–Kier alpha value is -3.93. The molecule has 1 heterocycles. The fraction of sp³-hybridized carbons (Fsp3) is 0.160. The highest BCUT2D eigenvalue weighted by molar-refractivity contribution is 6.36. The Kier molecular flexibility index (Phi) is 5.54. The Balaban J connectivity index is 1.60. The normalized spacial score (nSPS) is 12.8. The highest BCUT2D eigenvalue weighted by Gasteiger charge is 2.38. The van der Waals surface area contributed by atoms with Gasteiger partial charge in [0, 0.05) is 5.56 Å². The molecular formula is C25H22N2O4. The van der Waals surface area contributed by atoms with Crippen LogP contribution in [-0.4, -0.2) is 24.3 Å². The summed E-state index contributed by atoms with van der Waals surface area (Å²) in [6.07, 6.45) is 0. The number of nitrogens with one attached hydrogen (secondary N) is 1. The second-order valence-corrected chi connectivity index (χ2v) is 7.70. The van der Waals surface area contributed by atoms with Gasteiger partial charge in [-0.1, -0.05) is 44.2 Å². The Bertz CT molecular complexity index is 1160. The number of carbonyl (C=O) groups excluding carboxylic acids is 3. The molecule has 1 aliphatic heterocycles. The van der Waals surface area contributed by atoms with Gasteiger partial charge in [-0.3, -0.25) is 14.4 Å². The molecular weight excluding hydrogens is 392 g/mol. The molecule has 0 saturated carbocycles. The number of anilines is 2. The van der Waals surface area contributed by atoms with E-state index in [-0.39, 0.29) is 17.0 Å². The highest BCUT2D eigenvalue weighted by Crippen LogP contribution is 2.33. The van der Waals surface area contributed by atoms with Gasteiger partial charge in [-0.2, -0.15) is 0 Å². The van der Waals surface area contributed by atoms with Crippen LogP contribution in [0.2, 0.25) is 0 Å². The molecule has 1 aliphatic rings. The standard InChI is InChI=1S/C25H22N2O4/c1-16(2)15-31-19-11-6-8-17(14-19)23(28)26-21-13-7-12-20-22(21)25(30)27(24(20)29)18-9-4-3-5-10-18/h3-14,16H,15H2,1-2H3,(H,26,28). The predicted molar refractivity (Wildman–Crippen MR) is 119 cm³/mol. The minimum atomic E-state index is -0.462. The van der Waals surface area contributed by atoms with Crippen LogP contribution in [0.3, 0.4) is 0 Å². The number of rotatable bonds is 6. The van der Waals surface area contributed by atoms with Crippen molar-refractivity contribution in [3.05, 3.63) is 89.5 Å². The van der Waals surface area contributed by atoms with Gasteiger partial charge in [0.05, 0.1) is 29.1 Å². The van der Waals surface area contributed by atoms with Crippen molar-refractivity contribution in [3.63, 3.8) is 0 Å². The lowest BCUT2D eigenvalue weighted by Crippen LogP contribution is -2.29. The Labute approximate surface area is 180 Å². The molecule has 6 nitrogen and oxygen atoms in total. The summed E-state index contributed by atoms with van der Waals surface area (Å²) in [5.74, 6) is -0.300. The molecule has 0 spiro atoms. The van der Waals surface area contributed by atoms with Crippen LogP contribution in [0.15, 0.2) is 72.8 Å². The topological polar surface area (TPSA) is 75.7 Å². The first kappa shape index (κ1) is 20.3. The van der Waals surface area contributed by atoms with Crippen LogP contribution in [0.25, 0.3) is 0 Å². The summed E-state index contributed by atoms with van der Waals surface area (Å²) in [7, 11) is 0. The first-order valence-corrected chi connectivity index (χ1v) is 10.1. The van der Waals surface area contributed by atoms with Gasteiger partial charge in [0.2, 0.25) is 0 Å². The van der Waals surface area contributed by atoms with Crippen molar-refractivity contribution in [3.8, 4) is 5.75 Å². The van der Waals surface area contributed by atoms with Gasteiger partial charge in [0.25, 0.3) is 17.7 Å². The lowest BCUT2D eigenvalue weighted by Gasteiger charge is -2.14. The van der Waals surface area contributed by atoms with Crippen LogP contribution in [0.1, 0.15) is 44.9 Å². The monoisotopic (exact) mass is 414 g/mol. The molecule has 3 aromatic rings. The third kappa shape index (κ3) is 4.05. The van der Waals surface area contributed by atoms with Crippen LogP contribution in [0.5, 0.6) is 5.75 Å². The fourth-order valence-corrected chi connectivity index (χ4v) is 3.39. The molecule has 0 fully saturated rings. The lowest BCUT2D eigenvalue weighted by atomic mass is 10.1. The predicted octanol–water partition coefficient (Wildman–Crippen LogP) is 4.77. The maximum absolute atomic E-state index is 13.1. The van der Waals surface area contributed by atoms with Crippen molar-refractivity contribution in [1.82, 2.24) is 0 Å². The van der Waals surface area contributed by atoms with E-state index in [2.05, 4.69) is 5.32 Å². The van der Waals surface area contributed by atoms with Crippen molar-refractivity contribution in [2.75, 3.05) is 16.8 Å². The molecule has 0 bridgehead atoms.